The predicted octanol–water partition coefficient (Wildman–Crippen LogP) is 0.754. The zero-order valence-corrected chi connectivity index (χ0v) is 5.85. The van der Waals surface area contributed by atoms with Gasteiger partial charge in [-0.05, 0) is 18.1 Å². The van der Waals surface area contributed by atoms with Crippen LogP contribution in [0.5, 0.6) is 0 Å². The third-order valence-corrected chi connectivity index (χ3v) is 1.30. The van der Waals surface area contributed by atoms with Crippen LogP contribution in [0, 0.1) is 0 Å². The molecule has 0 rings (SSSR count). The summed E-state index contributed by atoms with van der Waals surface area (Å²) in [5.74, 6) is 0. The van der Waals surface area contributed by atoms with Gasteiger partial charge in [-0.1, -0.05) is 13.5 Å². The quantitative estimate of drug-likeness (QED) is 0.548. The fourth-order valence-electron chi connectivity index (χ4n) is 0.611. The van der Waals surface area contributed by atoms with Gasteiger partial charge in [0.25, 0.3) is 0 Å². The second kappa shape index (κ2) is 4.15. The summed E-state index contributed by atoms with van der Waals surface area (Å²) < 4.78 is 0. The topological polar surface area (TPSA) is 52.0 Å². The van der Waals surface area contributed by atoms with Crippen molar-refractivity contribution in [2.45, 2.75) is 13.3 Å². The second-order valence-corrected chi connectivity index (χ2v) is 1.82. The molecular weight excluding hydrogens is 112 g/mol. The van der Waals surface area contributed by atoms with Crippen molar-refractivity contribution >= 4 is 0 Å². The lowest BCUT2D eigenvalue weighted by atomic mass is 10.1. The highest BCUT2D eigenvalue weighted by Crippen LogP contribution is 2.01. The van der Waals surface area contributed by atoms with Gasteiger partial charge in [0.1, 0.15) is 0 Å². The number of allylic oxidation sites excluding steroid dienone is 1. The van der Waals surface area contributed by atoms with E-state index in [-0.39, 0.29) is 0 Å². The molecule has 0 heterocycles. The molecule has 52 valence electrons. The van der Waals surface area contributed by atoms with E-state index in [4.69, 9.17) is 11.5 Å². The maximum Gasteiger partial charge on any atom is 0.0312 e. The van der Waals surface area contributed by atoms with Crippen LogP contribution in [0.2, 0.25) is 0 Å². The van der Waals surface area contributed by atoms with Crippen molar-refractivity contribution in [3.05, 3.63) is 23.9 Å². The molecule has 2 heteroatoms. The number of hydrogen-bond donors (Lipinski definition) is 2. The first-order valence-electron chi connectivity index (χ1n) is 3.06. The van der Waals surface area contributed by atoms with Gasteiger partial charge < -0.3 is 11.5 Å². The lowest BCUT2D eigenvalue weighted by Crippen LogP contribution is -2.08. The van der Waals surface area contributed by atoms with E-state index in [1.807, 2.05) is 6.92 Å². The maximum absolute atomic E-state index is 5.52. The molecule has 9 heavy (non-hydrogen) atoms. The van der Waals surface area contributed by atoms with E-state index in [0.717, 1.165) is 17.7 Å². The average Bonchev–Trinajstić information content (AvgIpc) is 1.90. The second-order valence-electron chi connectivity index (χ2n) is 1.82. The van der Waals surface area contributed by atoms with Crippen molar-refractivity contribution in [3.8, 4) is 0 Å². The molecule has 0 atom stereocenters. The molecule has 0 aliphatic heterocycles. The van der Waals surface area contributed by atoms with Gasteiger partial charge in [-0.15, -0.1) is 0 Å². The third kappa shape index (κ3) is 2.33. The molecule has 0 amide bonds. The highest BCUT2D eigenvalue weighted by atomic mass is 14.6. The van der Waals surface area contributed by atoms with E-state index >= 15 is 0 Å². The van der Waals surface area contributed by atoms with Crippen molar-refractivity contribution in [2.75, 3.05) is 6.54 Å². The molecule has 0 saturated heterocycles. The minimum Gasteiger partial charge on any atom is -0.399 e. The predicted molar refractivity (Wildman–Crippen MR) is 40.8 cm³/mol. The molecule has 0 aliphatic rings. The van der Waals surface area contributed by atoms with E-state index in [2.05, 4.69) is 6.58 Å². The zero-order chi connectivity index (χ0) is 7.28. The van der Waals surface area contributed by atoms with Crippen LogP contribution in [-0.4, -0.2) is 6.54 Å². The Hall–Kier alpha value is -0.760. The maximum atomic E-state index is 5.52. The van der Waals surface area contributed by atoms with Crippen molar-refractivity contribution in [3.63, 3.8) is 0 Å². The average molecular weight is 126 g/mol. The Balaban J connectivity index is 4.17. The van der Waals surface area contributed by atoms with Crippen LogP contribution >= 0.6 is 0 Å². The Bertz CT molecular complexity index is 119. The minimum atomic E-state index is 0.536. The fraction of sp³-hybridized carbons (Fsp3) is 0.429. The van der Waals surface area contributed by atoms with Crippen molar-refractivity contribution < 1.29 is 0 Å². The van der Waals surface area contributed by atoms with Gasteiger partial charge in [-0.25, -0.2) is 0 Å². The Labute approximate surface area is 56.2 Å². The van der Waals surface area contributed by atoms with Gasteiger partial charge in [-0.2, -0.15) is 0 Å². The van der Waals surface area contributed by atoms with Crippen LogP contribution in [0.4, 0.5) is 0 Å². The summed E-state index contributed by atoms with van der Waals surface area (Å²) in [6.07, 6.45) is 2.54. The van der Waals surface area contributed by atoms with Crippen LogP contribution < -0.4 is 11.5 Å². The first-order chi connectivity index (χ1) is 4.26. The van der Waals surface area contributed by atoms with Crippen LogP contribution in [0.3, 0.4) is 0 Å². The zero-order valence-electron chi connectivity index (χ0n) is 5.85. The smallest absolute Gasteiger partial charge is 0.0312 e. The molecule has 0 aliphatic carbocycles. The molecule has 0 radical (unpaired) electrons. The lowest BCUT2D eigenvalue weighted by molar-refractivity contribution is 0.980. The van der Waals surface area contributed by atoms with E-state index in [9.17, 15) is 0 Å². The van der Waals surface area contributed by atoms with Crippen LogP contribution in [0.1, 0.15) is 13.3 Å². The number of hydrogen-bond acceptors (Lipinski definition) is 2. The first kappa shape index (κ1) is 8.24. The fourth-order valence-corrected chi connectivity index (χ4v) is 0.611. The highest BCUT2D eigenvalue weighted by molar-refractivity contribution is 5.21. The Morgan fingerprint density at radius 2 is 2.22 bits per heavy atom. The summed E-state index contributed by atoms with van der Waals surface area (Å²) in [6.45, 7) is 6.10. The minimum absolute atomic E-state index is 0.536. The van der Waals surface area contributed by atoms with Gasteiger partial charge >= 0.3 is 0 Å². The standard InChI is InChI=1S/C7H14N2/c1-3-6(5-8)7(9)4-2/h4H,2-3,5,8-9H2,1H3/b7-6+. The Kier molecular flexibility index (Phi) is 3.80. The summed E-state index contributed by atoms with van der Waals surface area (Å²) in [5.41, 5.74) is 12.7. The summed E-state index contributed by atoms with van der Waals surface area (Å²) >= 11 is 0. The summed E-state index contributed by atoms with van der Waals surface area (Å²) in [5, 5.41) is 0. The monoisotopic (exact) mass is 126 g/mol. The molecule has 2 nitrogen and oxygen atoms in total. The van der Waals surface area contributed by atoms with Gasteiger partial charge in [0, 0.05) is 12.2 Å². The van der Waals surface area contributed by atoms with Crippen LogP contribution in [-0.2, 0) is 0 Å². The molecule has 0 spiro atoms. The normalized spacial score (nSPS) is 12.7. The molecule has 0 bridgehead atoms. The van der Waals surface area contributed by atoms with Gasteiger partial charge in [-0.3, -0.25) is 0 Å². The number of nitrogens with two attached hydrogens (primary N) is 2. The molecule has 0 aromatic carbocycles. The molecule has 4 N–H and O–H groups in total. The molecule has 0 fully saturated rings. The van der Waals surface area contributed by atoms with Gasteiger partial charge in [0.2, 0.25) is 0 Å². The number of rotatable bonds is 3. The van der Waals surface area contributed by atoms with E-state index in [1.54, 1.807) is 6.08 Å². The van der Waals surface area contributed by atoms with Crippen molar-refractivity contribution in [1.29, 1.82) is 0 Å². The van der Waals surface area contributed by atoms with E-state index in [0.29, 0.717) is 6.54 Å². The van der Waals surface area contributed by atoms with Crippen LogP contribution in [0.25, 0.3) is 0 Å². The summed E-state index contributed by atoms with van der Waals surface area (Å²) in [6, 6.07) is 0. The molecule has 0 unspecified atom stereocenters. The van der Waals surface area contributed by atoms with Crippen molar-refractivity contribution in [1.82, 2.24) is 0 Å². The summed E-state index contributed by atoms with van der Waals surface area (Å²) in [7, 11) is 0. The van der Waals surface area contributed by atoms with Crippen LogP contribution in [0.15, 0.2) is 23.9 Å². The van der Waals surface area contributed by atoms with Crippen molar-refractivity contribution in [2.24, 2.45) is 11.5 Å². The highest BCUT2D eigenvalue weighted by Gasteiger charge is 1.92. The SMILES string of the molecule is C=C/C(N)=C(/CC)CN. The molecule has 0 aromatic rings. The Morgan fingerprint density at radius 3 is 2.33 bits per heavy atom. The first-order valence-corrected chi connectivity index (χ1v) is 3.06. The van der Waals surface area contributed by atoms with Gasteiger partial charge in [0.05, 0.1) is 0 Å². The third-order valence-electron chi connectivity index (χ3n) is 1.30. The lowest BCUT2D eigenvalue weighted by Gasteiger charge is -2.01. The Morgan fingerprint density at radius 1 is 1.67 bits per heavy atom. The van der Waals surface area contributed by atoms with E-state index < -0.39 is 0 Å². The molecule has 0 saturated carbocycles. The summed E-state index contributed by atoms with van der Waals surface area (Å²) in [4.78, 5) is 0. The molecule has 0 aromatic heterocycles. The largest absolute Gasteiger partial charge is 0.399 e. The van der Waals surface area contributed by atoms with E-state index in [1.165, 1.54) is 0 Å². The van der Waals surface area contributed by atoms with Gasteiger partial charge in [0.15, 0.2) is 0 Å². The molecular formula is C7H14N2.